The molecule has 3 fully saturated rings. The first-order valence-corrected chi connectivity index (χ1v) is 8.21. The number of aliphatic hydroxyl groups is 1. The Morgan fingerprint density at radius 2 is 2.19 bits per heavy atom. The summed E-state index contributed by atoms with van der Waals surface area (Å²) in [4.78, 5) is 13.9. The van der Waals surface area contributed by atoms with Crippen LogP contribution in [-0.2, 0) is 9.53 Å². The third-order valence-corrected chi connectivity index (χ3v) is 5.52. The van der Waals surface area contributed by atoms with Crippen LogP contribution in [0.1, 0.15) is 44.9 Å². The molecule has 0 aromatic heterocycles. The summed E-state index contributed by atoms with van der Waals surface area (Å²) in [6, 6.07) is 0. The second kappa shape index (κ2) is 6.20. The third-order valence-electron chi connectivity index (χ3n) is 5.52. The number of hydrogen-bond acceptors (Lipinski definition) is 5. The number of rotatable bonds is 3. The lowest BCUT2D eigenvalue weighted by Gasteiger charge is -2.47. The van der Waals surface area contributed by atoms with Crippen molar-refractivity contribution in [1.29, 1.82) is 0 Å². The molecule has 4 N–H and O–H groups in total. The lowest BCUT2D eigenvalue weighted by atomic mass is 9.71. The molecule has 2 heterocycles. The molecular weight excluding hydrogens is 270 g/mol. The zero-order chi connectivity index (χ0) is 14.9. The summed E-state index contributed by atoms with van der Waals surface area (Å²) >= 11 is 0. The third kappa shape index (κ3) is 3.23. The fourth-order valence-corrected chi connectivity index (χ4v) is 4.22. The van der Waals surface area contributed by atoms with E-state index < -0.39 is 11.7 Å². The maximum atomic E-state index is 11.5. The Labute approximate surface area is 126 Å². The number of amides is 1. The standard InChI is InChI=1S/C15H27N3O3/c16-17-14(19)13-5-4-12(21-13)10-18-8-7-15(20)6-2-1-3-11(15)9-18/h11-13,20H,1-10,16H2,(H,17,19). The zero-order valence-corrected chi connectivity index (χ0v) is 12.6. The van der Waals surface area contributed by atoms with Crippen LogP contribution >= 0.6 is 0 Å². The summed E-state index contributed by atoms with van der Waals surface area (Å²) in [5.41, 5.74) is 1.74. The molecule has 0 aromatic carbocycles. The van der Waals surface area contributed by atoms with Crippen molar-refractivity contribution in [3.05, 3.63) is 0 Å². The number of fused-ring (bicyclic) bond motifs is 1. The van der Waals surface area contributed by atoms with Crippen molar-refractivity contribution in [1.82, 2.24) is 10.3 Å². The monoisotopic (exact) mass is 297 g/mol. The molecular formula is C15H27N3O3. The van der Waals surface area contributed by atoms with Crippen molar-refractivity contribution < 1.29 is 14.6 Å². The summed E-state index contributed by atoms with van der Waals surface area (Å²) in [7, 11) is 0. The van der Waals surface area contributed by atoms with Crippen molar-refractivity contribution in [3.63, 3.8) is 0 Å². The van der Waals surface area contributed by atoms with Crippen molar-refractivity contribution in [2.45, 2.75) is 62.8 Å². The van der Waals surface area contributed by atoms with Gasteiger partial charge in [0.15, 0.2) is 0 Å². The first-order chi connectivity index (χ1) is 10.1. The maximum absolute atomic E-state index is 11.5. The van der Waals surface area contributed by atoms with Crippen LogP contribution in [0, 0.1) is 5.92 Å². The number of hydrogen-bond donors (Lipinski definition) is 3. The van der Waals surface area contributed by atoms with Crippen LogP contribution < -0.4 is 11.3 Å². The fraction of sp³-hybridized carbons (Fsp3) is 0.933. The van der Waals surface area contributed by atoms with E-state index in [-0.39, 0.29) is 12.0 Å². The van der Waals surface area contributed by atoms with E-state index in [1.807, 2.05) is 0 Å². The van der Waals surface area contributed by atoms with Gasteiger partial charge in [0.1, 0.15) is 6.10 Å². The fourth-order valence-electron chi connectivity index (χ4n) is 4.22. The molecule has 6 nitrogen and oxygen atoms in total. The molecule has 1 amide bonds. The van der Waals surface area contributed by atoms with Crippen LogP contribution in [0.4, 0.5) is 0 Å². The van der Waals surface area contributed by atoms with E-state index in [9.17, 15) is 9.90 Å². The molecule has 6 heteroatoms. The van der Waals surface area contributed by atoms with Crippen molar-refractivity contribution >= 4 is 5.91 Å². The van der Waals surface area contributed by atoms with Crippen LogP contribution in [-0.4, -0.2) is 53.4 Å². The van der Waals surface area contributed by atoms with Crippen LogP contribution in [0.15, 0.2) is 0 Å². The zero-order valence-electron chi connectivity index (χ0n) is 12.6. The molecule has 4 unspecified atom stereocenters. The highest BCUT2D eigenvalue weighted by molar-refractivity contribution is 5.80. The number of hydrazine groups is 1. The quantitative estimate of drug-likeness (QED) is 0.392. The van der Waals surface area contributed by atoms with E-state index in [0.717, 1.165) is 58.2 Å². The largest absolute Gasteiger partial charge is 0.390 e. The molecule has 120 valence electrons. The minimum absolute atomic E-state index is 0.113. The van der Waals surface area contributed by atoms with Gasteiger partial charge in [-0.15, -0.1) is 0 Å². The second-order valence-corrected chi connectivity index (χ2v) is 6.89. The number of likely N-dealkylation sites (tertiary alicyclic amines) is 1. The summed E-state index contributed by atoms with van der Waals surface area (Å²) in [6.45, 7) is 2.76. The maximum Gasteiger partial charge on any atom is 0.263 e. The number of ether oxygens (including phenoxy) is 1. The van der Waals surface area contributed by atoms with Gasteiger partial charge in [0.2, 0.25) is 0 Å². The average Bonchev–Trinajstić information content (AvgIpc) is 2.95. The Morgan fingerprint density at radius 3 is 3.00 bits per heavy atom. The van der Waals surface area contributed by atoms with Gasteiger partial charge in [-0.05, 0) is 32.1 Å². The normalized spacial score (nSPS) is 40.8. The summed E-state index contributed by atoms with van der Waals surface area (Å²) in [5, 5.41) is 10.7. The predicted molar refractivity (Wildman–Crippen MR) is 78.2 cm³/mol. The van der Waals surface area contributed by atoms with E-state index in [0.29, 0.717) is 5.92 Å². The van der Waals surface area contributed by atoms with Crippen LogP contribution in [0.25, 0.3) is 0 Å². The van der Waals surface area contributed by atoms with Crippen molar-refractivity contribution in [2.24, 2.45) is 11.8 Å². The highest BCUT2D eigenvalue weighted by Crippen LogP contribution is 2.40. The van der Waals surface area contributed by atoms with Crippen molar-refractivity contribution in [2.75, 3.05) is 19.6 Å². The molecule has 0 bridgehead atoms. The molecule has 2 saturated heterocycles. The van der Waals surface area contributed by atoms with Gasteiger partial charge >= 0.3 is 0 Å². The highest BCUT2D eigenvalue weighted by Gasteiger charge is 2.43. The summed E-state index contributed by atoms with van der Waals surface area (Å²) < 4.78 is 5.78. The first-order valence-electron chi connectivity index (χ1n) is 8.21. The Kier molecular flexibility index (Phi) is 4.49. The second-order valence-electron chi connectivity index (χ2n) is 6.89. The molecule has 1 saturated carbocycles. The molecule has 0 aromatic rings. The van der Waals surface area contributed by atoms with Gasteiger partial charge in [-0.25, -0.2) is 5.84 Å². The average molecular weight is 297 g/mol. The lowest BCUT2D eigenvalue weighted by Crippen LogP contribution is -2.54. The topological polar surface area (TPSA) is 87.8 Å². The number of piperidine rings is 1. The number of carbonyl (C=O) groups is 1. The van der Waals surface area contributed by atoms with Gasteiger partial charge in [-0.1, -0.05) is 12.8 Å². The van der Waals surface area contributed by atoms with E-state index in [1.54, 1.807) is 0 Å². The van der Waals surface area contributed by atoms with Gasteiger partial charge in [0.25, 0.3) is 5.91 Å². The van der Waals surface area contributed by atoms with Crippen LogP contribution in [0.2, 0.25) is 0 Å². The molecule has 1 aliphatic carbocycles. The molecule has 21 heavy (non-hydrogen) atoms. The summed E-state index contributed by atoms with van der Waals surface area (Å²) in [6.07, 6.45) is 6.74. The number of nitrogens with zero attached hydrogens (tertiary/aromatic N) is 1. The number of nitrogens with one attached hydrogen (secondary N) is 1. The van der Waals surface area contributed by atoms with E-state index in [1.165, 1.54) is 6.42 Å². The Morgan fingerprint density at radius 1 is 1.33 bits per heavy atom. The smallest absolute Gasteiger partial charge is 0.263 e. The Bertz CT molecular complexity index is 392. The van der Waals surface area contributed by atoms with Gasteiger partial charge < -0.3 is 14.7 Å². The predicted octanol–water partition coefficient (Wildman–Crippen LogP) is 0.151. The molecule has 3 aliphatic rings. The minimum atomic E-state index is -0.423. The van der Waals surface area contributed by atoms with Crippen LogP contribution in [0.3, 0.4) is 0 Å². The SMILES string of the molecule is NNC(=O)C1CCC(CN2CCC3(O)CCCCC3C2)O1. The van der Waals surface area contributed by atoms with E-state index >= 15 is 0 Å². The molecule has 0 spiro atoms. The first kappa shape index (κ1) is 15.2. The van der Waals surface area contributed by atoms with Gasteiger partial charge in [-0.3, -0.25) is 10.2 Å². The van der Waals surface area contributed by atoms with Crippen LogP contribution in [0.5, 0.6) is 0 Å². The highest BCUT2D eigenvalue weighted by atomic mass is 16.5. The number of carbonyl (C=O) groups excluding carboxylic acids is 1. The van der Waals surface area contributed by atoms with E-state index in [4.69, 9.17) is 10.6 Å². The number of nitrogens with two attached hydrogens (primary N) is 1. The Balaban J connectivity index is 1.50. The molecule has 2 aliphatic heterocycles. The van der Waals surface area contributed by atoms with Gasteiger partial charge in [-0.2, -0.15) is 0 Å². The van der Waals surface area contributed by atoms with Gasteiger partial charge in [0.05, 0.1) is 11.7 Å². The Hall–Kier alpha value is -0.690. The molecule has 3 rings (SSSR count). The minimum Gasteiger partial charge on any atom is -0.390 e. The van der Waals surface area contributed by atoms with Crippen molar-refractivity contribution in [3.8, 4) is 0 Å². The molecule has 0 radical (unpaired) electrons. The lowest BCUT2D eigenvalue weighted by molar-refractivity contribution is -0.133. The van der Waals surface area contributed by atoms with E-state index in [2.05, 4.69) is 10.3 Å². The molecule has 4 atom stereocenters. The summed E-state index contributed by atoms with van der Waals surface area (Å²) in [5.74, 6) is 5.33. The van der Waals surface area contributed by atoms with Gasteiger partial charge in [0, 0.05) is 25.6 Å².